The second-order valence-electron chi connectivity index (χ2n) is 5.98. The molecule has 0 atom stereocenters. The lowest BCUT2D eigenvalue weighted by atomic mass is 10.1. The number of benzene rings is 2. The lowest BCUT2D eigenvalue weighted by molar-refractivity contribution is 0.591. The van der Waals surface area contributed by atoms with Gasteiger partial charge in [0.2, 0.25) is 14.9 Å². The Kier molecular flexibility index (Phi) is 4.01. The zero-order valence-corrected chi connectivity index (χ0v) is 14.9. The third kappa shape index (κ3) is 2.73. The first-order valence-corrected chi connectivity index (χ1v) is 9.10. The van der Waals surface area contributed by atoms with E-state index in [1.807, 2.05) is 39.0 Å². The Morgan fingerprint density at radius 3 is 2.17 bits per heavy atom. The Morgan fingerprint density at radius 1 is 0.875 bits per heavy atom. The van der Waals surface area contributed by atoms with E-state index in [-0.39, 0.29) is 9.92 Å². The van der Waals surface area contributed by atoms with Gasteiger partial charge in [-0.3, -0.25) is 0 Å². The lowest BCUT2D eigenvalue weighted by Gasteiger charge is -2.07. The largest absolute Gasteiger partial charge is 0.227 e. The number of aryl methyl sites for hydroxylation is 3. The summed E-state index contributed by atoms with van der Waals surface area (Å²) < 4.78 is 27.2. The summed E-state index contributed by atoms with van der Waals surface area (Å²) in [5.74, 6) is 0. The van der Waals surface area contributed by atoms with Crippen molar-refractivity contribution in [3.05, 3.63) is 64.8 Å². The molecule has 0 saturated heterocycles. The van der Waals surface area contributed by atoms with Gasteiger partial charge in [-0.15, -0.1) is 5.10 Å². The number of hydrogen-bond donors (Lipinski definition) is 0. The van der Waals surface area contributed by atoms with E-state index in [0.717, 1.165) is 16.8 Å². The summed E-state index contributed by atoms with van der Waals surface area (Å²) in [5, 5.41) is 7.98. The molecule has 0 fully saturated rings. The van der Waals surface area contributed by atoms with Crippen LogP contribution in [0.15, 0.2) is 52.4 Å². The van der Waals surface area contributed by atoms with Crippen molar-refractivity contribution in [3.8, 4) is 5.69 Å². The quantitative estimate of drug-likeness (QED) is 0.733. The Balaban J connectivity index is 2.09. The molecule has 0 radical (unpaired) electrons. The Hall–Kier alpha value is -2.47. The van der Waals surface area contributed by atoms with Gasteiger partial charge in [-0.1, -0.05) is 29.0 Å². The van der Waals surface area contributed by atoms with Gasteiger partial charge in [-0.2, -0.15) is 0 Å². The molecule has 24 heavy (non-hydrogen) atoms. The van der Waals surface area contributed by atoms with Gasteiger partial charge in [-0.25, -0.2) is 13.1 Å². The average molecular weight is 341 g/mol. The molecule has 0 aliphatic rings. The molecule has 2 aromatic carbocycles. The zero-order valence-electron chi connectivity index (χ0n) is 14.1. The Bertz CT molecular complexity index is 1000. The summed E-state index contributed by atoms with van der Waals surface area (Å²) in [6.45, 7) is 7.67. The maximum atomic E-state index is 12.8. The van der Waals surface area contributed by atoms with Gasteiger partial charge in [0.05, 0.1) is 16.3 Å². The molecule has 6 heteroatoms. The number of rotatable bonds is 3. The van der Waals surface area contributed by atoms with E-state index < -0.39 is 9.84 Å². The zero-order chi connectivity index (χ0) is 17.5. The highest BCUT2D eigenvalue weighted by Gasteiger charge is 2.25. The van der Waals surface area contributed by atoms with Crippen LogP contribution in [-0.4, -0.2) is 23.4 Å². The maximum absolute atomic E-state index is 12.8. The van der Waals surface area contributed by atoms with Crippen molar-refractivity contribution in [2.45, 2.75) is 37.6 Å². The Labute approximate surface area is 141 Å². The predicted octanol–water partition coefficient (Wildman–Crippen LogP) is 3.33. The van der Waals surface area contributed by atoms with Crippen molar-refractivity contribution in [1.29, 1.82) is 0 Å². The van der Waals surface area contributed by atoms with E-state index in [9.17, 15) is 8.42 Å². The van der Waals surface area contributed by atoms with Crippen molar-refractivity contribution < 1.29 is 8.42 Å². The van der Waals surface area contributed by atoms with Crippen LogP contribution in [-0.2, 0) is 9.84 Å². The van der Waals surface area contributed by atoms with E-state index in [4.69, 9.17) is 0 Å². The minimum atomic E-state index is -3.69. The van der Waals surface area contributed by atoms with Crippen molar-refractivity contribution in [2.24, 2.45) is 0 Å². The number of sulfone groups is 1. The standard InChI is InChI=1S/C18H19N3O2S/c1-12-5-9-17(10-6-12)24(22,23)18-15(4)21(20-19-18)16-8-7-13(2)14(3)11-16/h5-11H,1-4H3. The molecular formula is C18H19N3O2S. The fourth-order valence-corrected chi connectivity index (χ4v) is 3.83. The van der Waals surface area contributed by atoms with Gasteiger partial charge in [0.15, 0.2) is 0 Å². The van der Waals surface area contributed by atoms with Crippen LogP contribution < -0.4 is 0 Å². The molecule has 0 spiro atoms. The van der Waals surface area contributed by atoms with Crippen LogP contribution in [0.2, 0.25) is 0 Å². The molecule has 1 heterocycles. The monoisotopic (exact) mass is 341 g/mol. The summed E-state index contributed by atoms with van der Waals surface area (Å²) in [6.07, 6.45) is 0. The molecule has 0 aliphatic carbocycles. The van der Waals surface area contributed by atoms with Crippen molar-refractivity contribution in [2.75, 3.05) is 0 Å². The van der Waals surface area contributed by atoms with Crippen molar-refractivity contribution >= 4 is 9.84 Å². The number of nitrogens with zero attached hydrogens (tertiary/aromatic N) is 3. The fourth-order valence-electron chi connectivity index (χ4n) is 2.50. The lowest BCUT2D eigenvalue weighted by Crippen LogP contribution is -2.06. The normalized spacial score (nSPS) is 11.7. The molecule has 1 aromatic heterocycles. The first-order chi connectivity index (χ1) is 11.3. The minimum Gasteiger partial charge on any atom is -0.217 e. The molecule has 0 N–H and O–H groups in total. The molecule has 3 rings (SSSR count). The molecule has 0 bridgehead atoms. The van der Waals surface area contributed by atoms with Crippen LogP contribution >= 0.6 is 0 Å². The highest BCUT2D eigenvalue weighted by molar-refractivity contribution is 7.91. The molecule has 3 aromatic rings. The van der Waals surface area contributed by atoms with Gasteiger partial charge in [0.1, 0.15) is 0 Å². The van der Waals surface area contributed by atoms with Gasteiger partial charge in [0.25, 0.3) is 0 Å². The van der Waals surface area contributed by atoms with E-state index in [1.54, 1.807) is 35.9 Å². The van der Waals surface area contributed by atoms with Gasteiger partial charge >= 0.3 is 0 Å². The van der Waals surface area contributed by atoms with Crippen LogP contribution in [0.1, 0.15) is 22.4 Å². The van der Waals surface area contributed by atoms with E-state index >= 15 is 0 Å². The smallest absolute Gasteiger partial charge is 0.217 e. The number of aromatic nitrogens is 3. The summed E-state index contributed by atoms with van der Waals surface area (Å²) in [7, 11) is -3.69. The SMILES string of the molecule is Cc1ccc(S(=O)(=O)c2nnn(-c3ccc(C)c(C)c3)c2C)cc1. The maximum Gasteiger partial charge on any atom is 0.227 e. The highest BCUT2D eigenvalue weighted by atomic mass is 32.2. The molecular weight excluding hydrogens is 322 g/mol. The van der Waals surface area contributed by atoms with Crippen molar-refractivity contribution in [3.63, 3.8) is 0 Å². The minimum absolute atomic E-state index is 0.00965. The van der Waals surface area contributed by atoms with Crippen LogP contribution in [0.5, 0.6) is 0 Å². The summed E-state index contributed by atoms with van der Waals surface area (Å²) in [6, 6.07) is 12.6. The third-order valence-electron chi connectivity index (χ3n) is 4.17. The predicted molar refractivity (Wildman–Crippen MR) is 92.2 cm³/mol. The first kappa shape index (κ1) is 16.4. The number of hydrogen-bond acceptors (Lipinski definition) is 4. The second-order valence-corrected chi connectivity index (χ2v) is 7.84. The summed E-state index contributed by atoms with van der Waals surface area (Å²) in [5.41, 5.74) is 4.59. The molecule has 0 unspecified atom stereocenters. The molecule has 0 saturated carbocycles. The van der Waals surface area contributed by atoms with E-state index in [2.05, 4.69) is 10.3 Å². The molecule has 5 nitrogen and oxygen atoms in total. The van der Waals surface area contributed by atoms with Crippen molar-refractivity contribution in [1.82, 2.24) is 15.0 Å². The van der Waals surface area contributed by atoms with Crippen LogP contribution in [0, 0.1) is 27.7 Å². The average Bonchev–Trinajstić information content (AvgIpc) is 2.93. The molecule has 0 amide bonds. The fraction of sp³-hybridized carbons (Fsp3) is 0.222. The summed E-state index contributed by atoms with van der Waals surface area (Å²) >= 11 is 0. The van der Waals surface area contributed by atoms with Crippen LogP contribution in [0.3, 0.4) is 0 Å². The summed E-state index contributed by atoms with van der Waals surface area (Å²) in [4.78, 5) is 0.225. The topological polar surface area (TPSA) is 64.8 Å². The molecule has 0 aliphatic heterocycles. The van der Waals surface area contributed by atoms with Gasteiger partial charge in [-0.05, 0) is 63.1 Å². The van der Waals surface area contributed by atoms with Crippen LogP contribution in [0.4, 0.5) is 0 Å². The third-order valence-corrected chi connectivity index (χ3v) is 5.95. The first-order valence-electron chi connectivity index (χ1n) is 7.62. The van der Waals surface area contributed by atoms with E-state index in [1.165, 1.54) is 5.56 Å². The molecule has 124 valence electrons. The van der Waals surface area contributed by atoms with Gasteiger partial charge < -0.3 is 0 Å². The van der Waals surface area contributed by atoms with Gasteiger partial charge in [0, 0.05) is 0 Å². The second kappa shape index (κ2) is 5.87. The highest BCUT2D eigenvalue weighted by Crippen LogP contribution is 2.24. The Morgan fingerprint density at radius 2 is 1.54 bits per heavy atom. The van der Waals surface area contributed by atoms with E-state index in [0.29, 0.717) is 5.69 Å². The van der Waals surface area contributed by atoms with Crippen LogP contribution in [0.25, 0.3) is 5.69 Å².